The maximum atomic E-state index is 13.1. The van der Waals surface area contributed by atoms with Crippen LogP contribution in [-0.4, -0.2) is 71.9 Å². The minimum atomic E-state index is -4.20. The average Bonchev–Trinajstić information content (AvgIpc) is 3.42. The van der Waals surface area contributed by atoms with Gasteiger partial charge >= 0.3 is 6.18 Å². The Balaban J connectivity index is 1.43. The summed E-state index contributed by atoms with van der Waals surface area (Å²) in [6, 6.07) is 7.34. The van der Waals surface area contributed by atoms with E-state index < -0.39 is 12.7 Å². The molecule has 0 radical (unpaired) electrons. The lowest BCUT2D eigenvalue weighted by molar-refractivity contribution is -0.145. The lowest BCUT2D eigenvalue weighted by Crippen LogP contribution is -2.41. The molecule has 0 aliphatic carbocycles. The number of nitrogens with zero attached hydrogens (tertiary/aromatic N) is 4. The first-order chi connectivity index (χ1) is 14.4. The van der Waals surface area contributed by atoms with Gasteiger partial charge in [0.2, 0.25) is 0 Å². The highest BCUT2D eigenvalue weighted by Gasteiger charge is 2.36. The first kappa shape index (κ1) is 21.1. The van der Waals surface area contributed by atoms with Crippen LogP contribution in [0.2, 0.25) is 0 Å². The van der Waals surface area contributed by atoms with E-state index in [4.69, 9.17) is 4.42 Å². The van der Waals surface area contributed by atoms with Crippen LogP contribution in [0, 0.1) is 0 Å². The summed E-state index contributed by atoms with van der Waals surface area (Å²) < 4.78 is 43.5. The zero-order valence-corrected chi connectivity index (χ0v) is 17.2. The van der Waals surface area contributed by atoms with Gasteiger partial charge < -0.3 is 4.42 Å². The maximum absolute atomic E-state index is 13.1. The highest BCUT2D eigenvalue weighted by molar-refractivity contribution is 7.10. The number of furan rings is 1. The number of hydrazone groups is 1. The SMILES string of the molecule is O=C(CN1CCCN(CC(F)(F)F)CC1)N1N=C(c2ccco2)CC1c1cccs1. The minimum Gasteiger partial charge on any atom is -0.463 e. The van der Waals surface area contributed by atoms with Gasteiger partial charge in [0, 0.05) is 24.4 Å². The van der Waals surface area contributed by atoms with E-state index in [0.717, 1.165) is 10.6 Å². The van der Waals surface area contributed by atoms with E-state index in [1.54, 1.807) is 23.7 Å². The predicted molar refractivity (Wildman–Crippen MR) is 107 cm³/mol. The molecule has 2 aliphatic heterocycles. The average molecular weight is 440 g/mol. The summed E-state index contributed by atoms with van der Waals surface area (Å²) in [5, 5.41) is 8.03. The van der Waals surface area contributed by atoms with E-state index in [0.29, 0.717) is 44.8 Å². The van der Waals surface area contributed by atoms with Crippen LogP contribution in [-0.2, 0) is 4.79 Å². The number of hydrogen-bond donors (Lipinski definition) is 0. The molecule has 0 saturated carbocycles. The molecule has 0 aromatic carbocycles. The molecule has 0 spiro atoms. The van der Waals surface area contributed by atoms with E-state index in [9.17, 15) is 18.0 Å². The molecule has 4 rings (SSSR count). The standard InChI is InChI=1S/C20H23F3N4O2S/c21-20(22,23)14-26-7-3-6-25(8-9-26)13-19(28)27-16(18-5-2-11-30-18)12-15(24-27)17-4-1-10-29-17/h1-2,4-5,10-11,16H,3,6-9,12-14H2. The van der Waals surface area contributed by atoms with Gasteiger partial charge in [-0.2, -0.15) is 18.3 Å². The molecule has 0 N–H and O–H groups in total. The number of rotatable bonds is 5. The van der Waals surface area contributed by atoms with Gasteiger partial charge in [-0.3, -0.25) is 14.6 Å². The molecule has 30 heavy (non-hydrogen) atoms. The Morgan fingerprint density at radius 2 is 1.97 bits per heavy atom. The van der Waals surface area contributed by atoms with Crippen molar-refractivity contribution in [2.75, 3.05) is 39.3 Å². The molecule has 10 heteroatoms. The molecule has 1 fully saturated rings. The molecule has 2 aromatic rings. The molecule has 1 atom stereocenters. The summed E-state index contributed by atoms with van der Waals surface area (Å²) in [5.74, 6) is 0.489. The summed E-state index contributed by atoms with van der Waals surface area (Å²) in [5.41, 5.74) is 0.721. The van der Waals surface area contributed by atoms with E-state index in [-0.39, 0.29) is 18.5 Å². The quantitative estimate of drug-likeness (QED) is 0.713. The van der Waals surface area contributed by atoms with Crippen LogP contribution in [0.15, 0.2) is 45.4 Å². The second-order valence-electron chi connectivity index (χ2n) is 7.52. The van der Waals surface area contributed by atoms with Gasteiger partial charge in [-0.25, -0.2) is 5.01 Å². The van der Waals surface area contributed by atoms with E-state index in [1.807, 2.05) is 28.5 Å². The first-order valence-corrected chi connectivity index (χ1v) is 10.8. The van der Waals surface area contributed by atoms with Gasteiger partial charge in [0.1, 0.15) is 11.5 Å². The van der Waals surface area contributed by atoms with Gasteiger partial charge in [-0.05, 0) is 43.1 Å². The molecule has 6 nitrogen and oxygen atoms in total. The second kappa shape index (κ2) is 8.91. The van der Waals surface area contributed by atoms with Crippen molar-refractivity contribution in [1.82, 2.24) is 14.8 Å². The van der Waals surface area contributed by atoms with Crippen molar-refractivity contribution < 1.29 is 22.4 Å². The van der Waals surface area contributed by atoms with Crippen molar-refractivity contribution in [3.63, 3.8) is 0 Å². The van der Waals surface area contributed by atoms with Crippen LogP contribution in [0.1, 0.15) is 29.5 Å². The molecule has 4 heterocycles. The fourth-order valence-electron chi connectivity index (χ4n) is 3.89. The molecule has 2 aliphatic rings. The lowest BCUT2D eigenvalue weighted by atomic mass is 10.1. The zero-order chi connectivity index (χ0) is 21.1. The minimum absolute atomic E-state index is 0.136. The topological polar surface area (TPSA) is 52.3 Å². The number of carbonyl (C=O) groups excluding carboxylic acids is 1. The summed E-state index contributed by atoms with van der Waals surface area (Å²) in [7, 11) is 0. The Labute approximate surface area is 176 Å². The second-order valence-corrected chi connectivity index (χ2v) is 8.50. The fourth-order valence-corrected chi connectivity index (χ4v) is 4.70. The number of thiophene rings is 1. The summed E-state index contributed by atoms with van der Waals surface area (Å²) in [6.07, 6.45) is -1.46. The van der Waals surface area contributed by atoms with E-state index in [2.05, 4.69) is 5.10 Å². The number of halogens is 3. The van der Waals surface area contributed by atoms with Gasteiger partial charge in [0.15, 0.2) is 0 Å². The van der Waals surface area contributed by atoms with E-state index >= 15 is 0 Å². The largest absolute Gasteiger partial charge is 0.463 e. The fraction of sp³-hybridized carbons (Fsp3) is 0.500. The highest BCUT2D eigenvalue weighted by atomic mass is 32.1. The molecule has 162 valence electrons. The molecule has 1 saturated heterocycles. The predicted octanol–water partition coefficient (Wildman–Crippen LogP) is 3.59. The third kappa shape index (κ3) is 5.11. The number of hydrogen-bond acceptors (Lipinski definition) is 6. The zero-order valence-electron chi connectivity index (χ0n) is 16.3. The Bertz CT molecular complexity index is 867. The van der Waals surface area contributed by atoms with Gasteiger partial charge in [-0.15, -0.1) is 11.3 Å². The van der Waals surface area contributed by atoms with Crippen LogP contribution in [0.25, 0.3) is 0 Å². The Morgan fingerprint density at radius 3 is 2.67 bits per heavy atom. The van der Waals surface area contributed by atoms with Crippen molar-refractivity contribution in [2.45, 2.75) is 25.1 Å². The molecular formula is C20H23F3N4O2S. The van der Waals surface area contributed by atoms with Gasteiger partial charge in [0.05, 0.1) is 25.4 Å². The molecule has 2 aromatic heterocycles. The van der Waals surface area contributed by atoms with Crippen LogP contribution in [0.5, 0.6) is 0 Å². The highest BCUT2D eigenvalue weighted by Crippen LogP contribution is 2.35. The normalized spacial score (nSPS) is 21.6. The van der Waals surface area contributed by atoms with Crippen molar-refractivity contribution in [3.8, 4) is 0 Å². The summed E-state index contributed by atoms with van der Waals surface area (Å²) >= 11 is 1.57. The lowest BCUT2D eigenvalue weighted by Gasteiger charge is -2.25. The van der Waals surface area contributed by atoms with Gasteiger partial charge in [-0.1, -0.05) is 6.07 Å². The van der Waals surface area contributed by atoms with Crippen LogP contribution < -0.4 is 0 Å². The molecule has 0 bridgehead atoms. The Hall–Kier alpha value is -2.17. The van der Waals surface area contributed by atoms with Crippen LogP contribution >= 0.6 is 11.3 Å². The first-order valence-electron chi connectivity index (χ1n) is 9.87. The van der Waals surface area contributed by atoms with Gasteiger partial charge in [0.25, 0.3) is 5.91 Å². The summed E-state index contributed by atoms with van der Waals surface area (Å²) in [6.45, 7) is 0.920. The van der Waals surface area contributed by atoms with Crippen LogP contribution in [0.3, 0.4) is 0 Å². The number of amides is 1. The Kier molecular flexibility index (Phi) is 6.26. The van der Waals surface area contributed by atoms with Crippen LogP contribution in [0.4, 0.5) is 13.2 Å². The summed E-state index contributed by atoms with van der Waals surface area (Å²) in [4.78, 5) is 17.5. The van der Waals surface area contributed by atoms with E-state index in [1.165, 1.54) is 9.91 Å². The van der Waals surface area contributed by atoms with Crippen molar-refractivity contribution in [3.05, 3.63) is 46.5 Å². The van der Waals surface area contributed by atoms with Crippen molar-refractivity contribution in [2.24, 2.45) is 5.10 Å². The maximum Gasteiger partial charge on any atom is 0.401 e. The molecular weight excluding hydrogens is 417 g/mol. The molecule has 1 amide bonds. The Morgan fingerprint density at radius 1 is 1.17 bits per heavy atom. The number of alkyl halides is 3. The number of carbonyl (C=O) groups is 1. The molecule has 1 unspecified atom stereocenters. The van der Waals surface area contributed by atoms with Crippen molar-refractivity contribution >= 4 is 23.0 Å². The third-order valence-corrected chi connectivity index (χ3v) is 6.26. The van der Waals surface area contributed by atoms with Crippen molar-refractivity contribution in [1.29, 1.82) is 0 Å². The third-order valence-electron chi connectivity index (χ3n) is 5.29. The smallest absolute Gasteiger partial charge is 0.401 e. The monoisotopic (exact) mass is 440 g/mol.